The van der Waals surface area contributed by atoms with Crippen LogP contribution >= 0.6 is 0 Å². The molecule has 0 bridgehead atoms. The average Bonchev–Trinajstić information content (AvgIpc) is 3.33. The van der Waals surface area contributed by atoms with Crippen LogP contribution in [0.3, 0.4) is 0 Å². The zero-order valence-corrected chi connectivity index (χ0v) is 22.9. The summed E-state index contributed by atoms with van der Waals surface area (Å²) < 4.78 is 22.2. The van der Waals surface area contributed by atoms with Crippen LogP contribution in [0.1, 0.15) is 22.3 Å². The molecule has 0 saturated carbocycles. The van der Waals surface area contributed by atoms with E-state index in [1.165, 1.54) is 22.3 Å². The van der Waals surface area contributed by atoms with E-state index < -0.39 is 11.4 Å². The normalized spacial score (nSPS) is 12.4. The van der Waals surface area contributed by atoms with Gasteiger partial charge in [-0.15, -0.1) is 0 Å². The number of carbonyl (C=O) groups excluding carboxylic acids is 1. The monoisotopic (exact) mass is 542 g/mol. The van der Waals surface area contributed by atoms with Gasteiger partial charge in [-0.3, -0.25) is 0 Å². The molecule has 0 atom stereocenters. The predicted molar refractivity (Wildman–Crippen MR) is 164 cm³/mol. The Balaban J connectivity index is 1.48. The molecule has 1 aliphatic rings. The first-order chi connectivity index (χ1) is 20.1. The third kappa shape index (κ3) is 5.59. The number of ether oxygens (including phenoxy) is 4. The van der Waals surface area contributed by atoms with Gasteiger partial charge in [-0.2, -0.15) is 0 Å². The van der Waals surface area contributed by atoms with Gasteiger partial charge in [0.05, 0.1) is 0 Å². The van der Waals surface area contributed by atoms with Crippen molar-refractivity contribution in [2.75, 3.05) is 26.4 Å². The van der Waals surface area contributed by atoms with E-state index in [0.717, 1.165) is 23.0 Å². The summed E-state index contributed by atoms with van der Waals surface area (Å²) in [7, 11) is 3.76. The molecular weight excluding hydrogens is 511 g/mol. The molecule has 0 aliphatic heterocycles. The van der Waals surface area contributed by atoms with Crippen molar-refractivity contribution in [3.05, 3.63) is 145 Å². The number of fused-ring (bicyclic) bond motifs is 3. The Bertz CT molecular complexity index is 1440. The van der Waals surface area contributed by atoms with Crippen LogP contribution < -0.4 is 9.47 Å². The van der Waals surface area contributed by atoms with Crippen molar-refractivity contribution in [3.63, 3.8) is 0 Å². The quantitative estimate of drug-likeness (QED) is 0.0819. The van der Waals surface area contributed by atoms with Gasteiger partial charge in [-0.1, -0.05) is 43.0 Å². The molecule has 5 rings (SSSR count). The Labute approximate surface area is 241 Å². The molecule has 0 amide bonds. The summed E-state index contributed by atoms with van der Waals surface area (Å²) in [6.07, 6.45) is 2.71. The Kier molecular flexibility index (Phi) is 8.49. The summed E-state index contributed by atoms with van der Waals surface area (Å²) in [5.74, 6) is 0.994. The van der Waals surface area contributed by atoms with E-state index in [0.29, 0.717) is 24.6 Å². The fourth-order valence-corrected chi connectivity index (χ4v) is 5.38. The van der Waals surface area contributed by atoms with E-state index in [1.54, 1.807) is 6.08 Å². The maximum absolute atomic E-state index is 11.3. The van der Waals surface area contributed by atoms with E-state index in [9.17, 15) is 4.79 Å². The van der Waals surface area contributed by atoms with Crippen molar-refractivity contribution in [1.29, 1.82) is 0 Å². The van der Waals surface area contributed by atoms with Gasteiger partial charge in [0.1, 0.15) is 19.0 Å². The molecule has 41 heavy (non-hydrogen) atoms. The Hall–Kier alpha value is -4.84. The van der Waals surface area contributed by atoms with E-state index in [-0.39, 0.29) is 13.2 Å². The van der Waals surface area contributed by atoms with E-state index in [2.05, 4.69) is 93.4 Å². The molecule has 0 saturated heterocycles. The molecule has 204 valence electrons. The minimum absolute atomic E-state index is 0.154. The van der Waals surface area contributed by atoms with Crippen molar-refractivity contribution in [2.24, 2.45) is 0 Å². The predicted octanol–water partition coefficient (Wildman–Crippen LogP) is 5.77. The first-order valence-electron chi connectivity index (χ1n) is 13.5. The number of hydrogen-bond donors (Lipinski definition) is 0. The van der Waals surface area contributed by atoms with Crippen molar-refractivity contribution < 1.29 is 23.7 Å². The second kappa shape index (κ2) is 12.6. The molecule has 4 aromatic carbocycles. The van der Waals surface area contributed by atoms with Gasteiger partial charge < -0.3 is 9.47 Å². The van der Waals surface area contributed by atoms with Crippen LogP contribution in [0, 0.1) is 0 Å². The van der Waals surface area contributed by atoms with Crippen molar-refractivity contribution >= 4 is 19.1 Å². The second-order valence-corrected chi connectivity index (χ2v) is 9.48. The Morgan fingerprint density at radius 2 is 1.10 bits per heavy atom. The number of esters is 1. The molecule has 6 heteroatoms. The van der Waals surface area contributed by atoms with E-state index in [4.69, 9.17) is 18.9 Å². The van der Waals surface area contributed by atoms with Gasteiger partial charge in [-0.05, 0) is 12.1 Å². The molecule has 5 nitrogen and oxygen atoms in total. The Morgan fingerprint density at radius 1 is 0.634 bits per heavy atom. The van der Waals surface area contributed by atoms with E-state index in [1.807, 2.05) is 24.3 Å². The molecule has 4 aromatic rings. The first kappa shape index (κ1) is 27.7. The third-order valence-electron chi connectivity index (χ3n) is 7.16. The van der Waals surface area contributed by atoms with Gasteiger partial charge >= 0.3 is 148 Å². The number of benzene rings is 4. The molecule has 0 heterocycles. The zero-order chi connectivity index (χ0) is 28.7. The second-order valence-electron chi connectivity index (χ2n) is 9.48. The standard InChI is InChI=1S/C35H31BO5/c1-3-33(36)40-23-21-38-27-17-13-25(14-18-27)35(26-15-19-28(20-16-26)39-22-24-41-34(37)4-2)31-11-7-5-9-29(31)30-10-6-8-12-32(30)35/h3-20,36H,1-2,21-24H2. The zero-order valence-electron chi connectivity index (χ0n) is 22.9. The van der Waals surface area contributed by atoms with Crippen molar-refractivity contribution in [2.45, 2.75) is 5.41 Å². The molecule has 0 radical (unpaired) electrons. The fraction of sp³-hybridized carbons (Fsp3) is 0.143. The molecule has 0 aromatic heterocycles. The van der Waals surface area contributed by atoms with E-state index >= 15 is 0 Å². The maximum atomic E-state index is 11.3. The molecule has 1 aliphatic carbocycles. The average molecular weight is 542 g/mol. The summed E-state index contributed by atoms with van der Waals surface area (Å²) in [5, 5.41) is 0. The number of hydrogen-bond acceptors (Lipinski definition) is 5. The summed E-state index contributed by atoms with van der Waals surface area (Å²) in [6.45, 7) is 8.25. The summed E-state index contributed by atoms with van der Waals surface area (Å²) >= 11 is 0. The van der Waals surface area contributed by atoms with Gasteiger partial charge in [0.15, 0.2) is 0 Å². The summed E-state index contributed by atoms with van der Waals surface area (Å²) in [4.78, 5) is 11.3. The molecule has 0 N–H and O–H groups in total. The molecule has 0 spiro atoms. The van der Waals surface area contributed by atoms with Crippen LogP contribution in [0.4, 0.5) is 0 Å². The number of carbonyl (C=O) groups is 1. The van der Waals surface area contributed by atoms with Crippen LogP contribution in [0.25, 0.3) is 11.1 Å². The van der Waals surface area contributed by atoms with Gasteiger partial charge in [0, 0.05) is 6.08 Å². The fourth-order valence-electron chi connectivity index (χ4n) is 5.38. The topological polar surface area (TPSA) is 54.0 Å². The molecule has 0 unspecified atom stereocenters. The van der Waals surface area contributed by atoms with Crippen LogP contribution in [0.2, 0.25) is 0 Å². The number of rotatable bonds is 13. The van der Waals surface area contributed by atoms with Gasteiger partial charge in [0.25, 0.3) is 0 Å². The van der Waals surface area contributed by atoms with Crippen LogP contribution in [0.15, 0.2) is 122 Å². The SMILES string of the molecule is B=C(C=C)OCCOc1ccc(C2(c3ccc(OCCOC(=O)C=C)cc3)c3ccccc3-c3ccccc32)cc1. The first-order valence-corrected chi connectivity index (χ1v) is 13.5. The summed E-state index contributed by atoms with van der Waals surface area (Å²) in [6, 6.07) is 33.6. The minimum atomic E-state index is -0.533. The molecular formula is C35H31BO5. The molecule has 0 fully saturated rings. The van der Waals surface area contributed by atoms with Crippen LogP contribution in [-0.2, 0) is 19.7 Å². The van der Waals surface area contributed by atoms with Gasteiger partial charge in [0.2, 0.25) is 0 Å². The van der Waals surface area contributed by atoms with Crippen LogP contribution in [0.5, 0.6) is 11.5 Å². The summed E-state index contributed by atoms with van der Waals surface area (Å²) in [5.41, 5.74) is 7.10. The Morgan fingerprint density at radius 3 is 1.56 bits per heavy atom. The van der Waals surface area contributed by atoms with Crippen LogP contribution in [-0.4, -0.2) is 45.5 Å². The van der Waals surface area contributed by atoms with Gasteiger partial charge in [-0.25, -0.2) is 4.79 Å². The van der Waals surface area contributed by atoms with Crippen molar-refractivity contribution in [1.82, 2.24) is 0 Å². The van der Waals surface area contributed by atoms with Crippen molar-refractivity contribution in [3.8, 4) is 22.6 Å². The third-order valence-corrected chi connectivity index (χ3v) is 7.16.